The first-order valence-electron chi connectivity index (χ1n) is 10.3. The van der Waals surface area contributed by atoms with Crippen LogP contribution in [0.3, 0.4) is 0 Å². The number of para-hydroxylation sites is 2. The largest absolute Gasteiger partial charge is 0.457 e. The van der Waals surface area contributed by atoms with E-state index in [1.165, 1.54) is 11.1 Å². The molecule has 4 rings (SSSR count). The van der Waals surface area contributed by atoms with Gasteiger partial charge in [-0.05, 0) is 35.4 Å². The summed E-state index contributed by atoms with van der Waals surface area (Å²) in [6.07, 6.45) is 8.31. The molecular formula is C28H26O5S. The van der Waals surface area contributed by atoms with Crippen molar-refractivity contribution in [3.8, 4) is 11.5 Å². The molecule has 0 saturated heterocycles. The van der Waals surface area contributed by atoms with Gasteiger partial charge in [0.2, 0.25) is 0 Å². The van der Waals surface area contributed by atoms with Crippen molar-refractivity contribution in [3.05, 3.63) is 145 Å². The minimum absolute atomic E-state index is 0.869. The topological polar surface area (TPSA) is 83.8 Å². The Morgan fingerprint density at radius 2 is 0.765 bits per heavy atom. The molecule has 174 valence electrons. The highest BCUT2D eigenvalue weighted by molar-refractivity contribution is 7.79. The van der Waals surface area contributed by atoms with Gasteiger partial charge in [-0.2, -0.15) is 8.42 Å². The van der Waals surface area contributed by atoms with Gasteiger partial charge >= 0.3 is 10.4 Å². The van der Waals surface area contributed by atoms with Crippen LogP contribution in [-0.2, 0) is 10.4 Å². The lowest BCUT2D eigenvalue weighted by Gasteiger charge is -2.03. The third kappa shape index (κ3) is 13.4. The molecule has 0 aliphatic heterocycles. The van der Waals surface area contributed by atoms with Crippen LogP contribution < -0.4 is 4.74 Å². The fraction of sp³-hybridized carbons (Fsp3) is 0. The van der Waals surface area contributed by atoms with Crippen LogP contribution in [0, 0.1) is 0 Å². The Kier molecular flexibility index (Phi) is 11.6. The fourth-order valence-corrected chi connectivity index (χ4v) is 2.57. The summed E-state index contributed by atoms with van der Waals surface area (Å²) in [5.41, 5.74) is 2.44. The maximum absolute atomic E-state index is 8.74. The second kappa shape index (κ2) is 15.0. The molecule has 0 atom stereocenters. The van der Waals surface area contributed by atoms with Crippen LogP contribution in [0.1, 0.15) is 11.1 Å². The molecule has 0 aliphatic carbocycles. The summed E-state index contributed by atoms with van der Waals surface area (Å²) in [4.78, 5) is 0. The Labute approximate surface area is 200 Å². The predicted molar refractivity (Wildman–Crippen MR) is 138 cm³/mol. The molecule has 5 nitrogen and oxygen atoms in total. The maximum atomic E-state index is 8.74. The molecule has 0 fully saturated rings. The lowest BCUT2D eigenvalue weighted by Crippen LogP contribution is -1.89. The van der Waals surface area contributed by atoms with E-state index in [0.29, 0.717) is 0 Å². The van der Waals surface area contributed by atoms with E-state index >= 15 is 0 Å². The number of hydrogen-bond donors (Lipinski definition) is 2. The Balaban J connectivity index is 0.000000204. The van der Waals surface area contributed by atoms with Crippen LogP contribution in [0.5, 0.6) is 11.5 Å². The molecule has 6 heteroatoms. The van der Waals surface area contributed by atoms with Crippen molar-refractivity contribution < 1.29 is 22.3 Å². The molecule has 34 heavy (non-hydrogen) atoms. The molecule has 0 amide bonds. The van der Waals surface area contributed by atoms with Gasteiger partial charge in [0.05, 0.1) is 0 Å². The van der Waals surface area contributed by atoms with Crippen LogP contribution >= 0.6 is 0 Å². The maximum Gasteiger partial charge on any atom is 0.394 e. The van der Waals surface area contributed by atoms with Crippen LogP contribution in [0.2, 0.25) is 0 Å². The van der Waals surface area contributed by atoms with Gasteiger partial charge in [-0.3, -0.25) is 9.11 Å². The van der Waals surface area contributed by atoms with Gasteiger partial charge in [0.1, 0.15) is 11.5 Å². The number of rotatable bonds is 5. The second-order valence-corrected chi connectivity index (χ2v) is 7.61. The second-order valence-electron chi connectivity index (χ2n) is 6.72. The number of hydrogen-bond acceptors (Lipinski definition) is 3. The summed E-state index contributed by atoms with van der Waals surface area (Å²) in [6, 6.07) is 40.1. The molecule has 2 N–H and O–H groups in total. The first kappa shape index (κ1) is 26.3. The zero-order valence-corrected chi connectivity index (χ0v) is 19.2. The van der Waals surface area contributed by atoms with Gasteiger partial charge in [0.15, 0.2) is 0 Å². The molecule has 0 unspecified atom stereocenters. The molecule has 0 spiro atoms. The highest BCUT2D eigenvalue weighted by Crippen LogP contribution is 2.19. The molecule has 0 aliphatic rings. The molecule has 0 heterocycles. The van der Waals surface area contributed by atoms with Crippen LogP contribution in [0.15, 0.2) is 133 Å². The summed E-state index contributed by atoms with van der Waals surface area (Å²) >= 11 is 0. The summed E-state index contributed by atoms with van der Waals surface area (Å²) < 4.78 is 37.2. The smallest absolute Gasteiger partial charge is 0.394 e. The summed E-state index contributed by atoms with van der Waals surface area (Å²) in [7, 11) is -4.67. The molecule has 0 radical (unpaired) electrons. The summed E-state index contributed by atoms with van der Waals surface area (Å²) in [5.74, 6) is 1.74. The van der Waals surface area contributed by atoms with E-state index in [9.17, 15) is 0 Å². The van der Waals surface area contributed by atoms with Crippen molar-refractivity contribution in [1.29, 1.82) is 0 Å². The highest BCUT2D eigenvalue weighted by Gasteiger charge is 1.92. The molecule has 0 bridgehead atoms. The van der Waals surface area contributed by atoms with Crippen LogP contribution in [0.4, 0.5) is 0 Å². The average Bonchev–Trinajstić information content (AvgIpc) is 2.84. The minimum atomic E-state index is -4.67. The molecule has 4 aromatic carbocycles. The van der Waals surface area contributed by atoms with E-state index in [2.05, 4.69) is 48.6 Å². The van der Waals surface area contributed by atoms with Crippen LogP contribution in [0.25, 0.3) is 12.2 Å². The Hall–Kier alpha value is -3.97. The summed E-state index contributed by atoms with van der Waals surface area (Å²) in [5, 5.41) is 0. The number of ether oxygens (including phenoxy) is 1. The highest BCUT2D eigenvalue weighted by atomic mass is 32.3. The van der Waals surface area contributed by atoms with Gasteiger partial charge in [-0.15, -0.1) is 0 Å². The zero-order chi connectivity index (χ0) is 24.5. The predicted octanol–water partition coefficient (Wildman–Crippen LogP) is 7.24. The normalized spacial score (nSPS) is 10.6. The number of allylic oxidation sites excluding steroid dienone is 2. The van der Waals surface area contributed by atoms with Gasteiger partial charge < -0.3 is 4.74 Å². The summed E-state index contributed by atoms with van der Waals surface area (Å²) in [6.45, 7) is 0. The monoisotopic (exact) mass is 474 g/mol. The lowest BCUT2D eigenvalue weighted by molar-refractivity contribution is 0.381. The van der Waals surface area contributed by atoms with E-state index in [-0.39, 0.29) is 0 Å². The van der Waals surface area contributed by atoms with Gasteiger partial charge in [0.25, 0.3) is 0 Å². The van der Waals surface area contributed by atoms with Crippen molar-refractivity contribution in [2.45, 2.75) is 0 Å². The van der Waals surface area contributed by atoms with Gasteiger partial charge in [0, 0.05) is 0 Å². The third-order valence-electron chi connectivity index (χ3n) is 4.01. The lowest BCUT2D eigenvalue weighted by atomic mass is 10.2. The van der Waals surface area contributed by atoms with Crippen molar-refractivity contribution >= 4 is 22.6 Å². The SMILES string of the molecule is C(/C=C/c1ccccc1)=C\c1ccccc1.O=S(=O)(O)O.c1ccc(Oc2ccccc2)cc1. The quantitative estimate of drug-likeness (QED) is 0.235. The Morgan fingerprint density at radius 3 is 1.06 bits per heavy atom. The van der Waals surface area contributed by atoms with E-state index in [1.807, 2.05) is 97.1 Å². The fourth-order valence-electron chi connectivity index (χ4n) is 2.57. The first-order chi connectivity index (χ1) is 16.4. The van der Waals surface area contributed by atoms with E-state index in [0.717, 1.165) is 11.5 Å². The van der Waals surface area contributed by atoms with Crippen LogP contribution in [-0.4, -0.2) is 17.5 Å². The van der Waals surface area contributed by atoms with Crippen molar-refractivity contribution in [3.63, 3.8) is 0 Å². The average molecular weight is 475 g/mol. The molecule has 0 saturated carbocycles. The molecular weight excluding hydrogens is 448 g/mol. The number of benzene rings is 4. The first-order valence-corrected chi connectivity index (χ1v) is 11.7. The van der Waals surface area contributed by atoms with Gasteiger partial charge in [-0.25, -0.2) is 0 Å². The Morgan fingerprint density at radius 1 is 0.500 bits per heavy atom. The third-order valence-corrected chi connectivity index (χ3v) is 4.01. The van der Waals surface area contributed by atoms with E-state index in [1.54, 1.807) is 0 Å². The van der Waals surface area contributed by atoms with E-state index < -0.39 is 10.4 Å². The minimum Gasteiger partial charge on any atom is -0.457 e. The van der Waals surface area contributed by atoms with Crippen molar-refractivity contribution in [2.24, 2.45) is 0 Å². The van der Waals surface area contributed by atoms with Crippen molar-refractivity contribution in [2.75, 3.05) is 0 Å². The molecule has 4 aromatic rings. The molecule has 0 aromatic heterocycles. The Bertz CT molecular complexity index is 1130. The zero-order valence-electron chi connectivity index (χ0n) is 18.4. The van der Waals surface area contributed by atoms with Crippen molar-refractivity contribution in [1.82, 2.24) is 0 Å². The standard InChI is InChI=1S/C16H14.C12H10O.H2O4S/c1-3-9-15(10-4-1)13-7-8-14-16-11-5-2-6-12-16;1-3-7-11(8-4-1)13-12-9-5-2-6-10-12;1-5(2,3)4/h1-14H;1-10H;(H2,1,2,3,4)/b13-7+,14-8+;;. The van der Waals surface area contributed by atoms with E-state index in [4.69, 9.17) is 22.3 Å². The van der Waals surface area contributed by atoms with Gasteiger partial charge in [-0.1, -0.05) is 121 Å².